The number of aryl methyl sites for hydroxylation is 2. The number of nitrogens with zero attached hydrogens (tertiary/aromatic N) is 2. The van der Waals surface area contributed by atoms with Crippen LogP contribution in [0.15, 0.2) is 46.3 Å². The fourth-order valence-corrected chi connectivity index (χ4v) is 2.86. The van der Waals surface area contributed by atoms with Gasteiger partial charge >= 0.3 is 5.97 Å². The molecular weight excluding hydrogens is 354 g/mol. The summed E-state index contributed by atoms with van der Waals surface area (Å²) in [5, 5.41) is 4.88. The Morgan fingerprint density at radius 3 is 2.81 bits per heavy atom. The molecule has 0 radical (unpaired) electrons. The second kappa shape index (κ2) is 8.39. The first-order valence-electron chi connectivity index (χ1n) is 7.98. The SMILES string of the molecule is Cc1csc(NC(=O)COC(=O)CCc2ncc(-c3ccccc3)o2)n1. The van der Waals surface area contributed by atoms with Gasteiger partial charge in [-0.25, -0.2) is 9.97 Å². The summed E-state index contributed by atoms with van der Waals surface area (Å²) < 4.78 is 10.6. The molecule has 134 valence electrons. The quantitative estimate of drug-likeness (QED) is 0.641. The fraction of sp³-hybridized carbons (Fsp3) is 0.222. The molecule has 3 aromatic rings. The van der Waals surface area contributed by atoms with Gasteiger partial charge in [-0.05, 0) is 6.92 Å². The number of thiazole rings is 1. The molecule has 1 amide bonds. The Morgan fingerprint density at radius 1 is 1.27 bits per heavy atom. The van der Waals surface area contributed by atoms with E-state index in [-0.39, 0.29) is 13.0 Å². The predicted octanol–water partition coefficient (Wildman–Crippen LogP) is 3.22. The zero-order chi connectivity index (χ0) is 18.4. The molecule has 3 rings (SSSR count). The molecule has 0 spiro atoms. The van der Waals surface area contributed by atoms with E-state index in [9.17, 15) is 9.59 Å². The minimum atomic E-state index is -0.491. The number of anilines is 1. The van der Waals surface area contributed by atoms with E-state index in [0.29, 0.717) is 23.2 Å². The molecule has 0 atom stereocenters. The summed E-state index contributed by atoms with van der Waals surface area (Å²) in [5.41, 5.74) is 1.74. The van der Waals surface area contributed by atoms with Crippen LogP contribution in [0.3, 0.4) is 0 Å². The van der Waals surface area contributed by atoms with E-state index in [0.717, 1.165) is 11.3 Å². The molecule has 0 saturated heterocycles. The van der Waals surface area contributed by atoms with Crippen LogP contribution in [-0.4, -0.2) is 28.5 Å². The summed E-state index contributed by atoms with van der Waals surface area (Å²) in [6.07, 6.45) is 2.01. The molecule has 8 heteroatoms. The summed E-state index contributed by atoms with van der Waals surface area (Å²) in [5.74, 6) is 0.181. The molecule has 0 saturated carbocycles. The molecule has 0 aliphatic heterocycles. The predicted molar refractivity (Wildman–Crippen MR) is 96.7 cm³/mol. The smallest absolute Gasteiger partial charge is 0.306 e. The largest absolute Gasteiger partial charge is 0.456 e. The molecule has 0 fully saturated rings. The van der Waals surface area contributed by atoms with Crippen molar-refractivity contribution in [3.63, 3.8) is 0 Å². The Bertz CT molecular complexity index is 889. The number of rotatable bonds is 7. The first-order chi connectivity index (χ1) is 12.6. The van der Waals surface area contributed by atoms with Crippen LogP contribution in [0.2, 0.25) is 0 Å². The van der Waals surface area contributed by atoms with Crippen molar-refractivity contribution in [1.29, 1.82) is 0 Å². The van der Waals surface area contributed by atoms with Crippen LogP contribution in [0.5, 0.6) is 0 Å². The second-order valence-electron chi connectivity index (χ2n) is 5.49. The van der Waals surface area contributed by atoms with Crippen LogP contribution in [0.4, 0.5) is 5.13 Å². The van der Waals surface area contributed by atoms with E-state index in [1.54, 1.807) is 6.20 Å². The number of oxazole rings is 1. The maximum atomic E-state index is 11.8. The minimum Gasteiger partial charge on any atom is -0.456 e. The van der Waals surface area contributed by atoms with Crippen molar-refractivity contribution in [2.24, 2.45) is 0 Å². The highest BCUT2D eigenvalue weighted by Crippen LogP contribution is 2.20. The van der Waals surface area contributed by atoms with Gasteiger partial charge in [0, 0.05) is 17.4 Å². The lowest BCUT2D eigenvalue weighted by molar-refractivity contribution is -0.147. The average molecular weight is 371 g/mol. The van der Waals surface area contributed by atoms with Crippen LogP contribution in [0.1, 0.15) is 18.0 Å². The summed E-state index contributed by atoms with van der Waals surface area (Å²) >= 11 is 1.32. The number of carbonyl (C=O) groups is 2. The van der Waals surface area contributed by atoms with Crippen LogP contribution in [0.25, 0.3) is 11.3 Å². The van der Waals surface area contributed by atoms with Gasteiger partial charge in [0.25, 0.3) is 5.91 Å². The third-order valence-electron chi connectivity index (χ3n) is 3.38. The van der Waals surface area contributed by atoms with Crippen molar-refractivity contribution in [2.75, 3.05) is 11.9 Å². The van der Waals surface area contributed by atoms with Crippen LogP contribution in [0, 0.1) is 6.92 Å². The van der Waals surface area contributed by atoms with Crippen molar-refractivity contribution in [3.8, 4) is 11.3 Å². The lowest BCUT2D eigenvalue weighted by atomic mass is 10.2. The van der Waals surface area contributed by atoms with E-state index in [2.05, 4.69) is 15.3 Å². The molecule has 0 unspecified atom stereocenters. The molecule has 1 N–H and O–H groups in total. The topological polar surface area (TPSA) is 94.3 Å². The third kappa shape index (κ3) is 5.00. The van der Waals surface area contributed by atoms with Gasteiger partial charge in [0.2, 0.25) is 0 Å². The van der Waals surface area contributed by atoms with Crippen molar-refractivity contribution in [1.82, 2.24) is 9.97 Å². The average Bonchev–Trinajstić information content (AvgIpc) is 3.28. The van der Waals surface area contributed by atoms with E-state index >= 15 is 0 Å². The molecule has 0 aliphatic rings. The standard InChI is InChI=1S/C18H17N3O4S/c1-12-11-26-18(20-12)21-15(22)10-24-17(23)8-7-16-19-9-14(25-16)13-5-3-2-4-6-13/h2-6,9,11H,7-8,10H2,1H3,(H,20,21,22). The highest BCUT2D eigenvalue weighted by Gasteiger charge is 2.12. The summed E-state index contributed by atoms with van der Waals surface area (Å²) in [4.78, 5) is 31.7. The monoisotopic (exact) mass is 371 g/mol. The van der Waals surface area contributed by atoms with Gasteiger partial charge < -0.3 is 9.15 Å². The molecule has 1 aromatic carbocycles. The minimum absolute atomic E-state index is 0.0817. The Labute approximate surface area is 154 Å². The maximum Gasteiger partial charge on any atom is 0.306 e. The Balaban J connectivity index is 1.41. The molecule has 0 bridgehead atoms. The van der Waals surface area contributed by atoms with Gasteiger partial charge in [0.1, 0.15) is 0 Å². The highest BCUT2D eigenvalue weighted by molar-refractivity contribution is 7.13. The van der Waals surface area contributed by atoms with E-state index < -0.39 is 11.9 Å². The summed E-state index contributed by atoms with van der Waals surface area (Å²) in [6, 6.07) is 9.57. The number of hydrogen-bond donors (Lipinski definition) is 1. The number of ether oxygens (including phenoxy) is 1. The molecule has 2 aromatic heterocycles. The van der Waals surface area contributed by atoms with Crippen LogP contribution < -0.4 is 5.32 Å². The maximum absolute atomic E-state index is 11.8. The number of carbonyl (C=O) groups excluding carboxylic acids is 2. The Hall–Kier alpha value is -3.00. The lowest BCUT2D eigenvalue weighted by Gasteiger charge is -2.03. The number of amides is 1. The van der Waals surface area contributed by atoms with Crippen LogP contribution >= 0.6 is 11.3 Å². The van der Waals surface area contributed by atoms with Gasteiger partial charge in [0.05, 0.1) is 18.3 Å². The molecule has 7 nitrogen and oxygen atoms in total. The third-order valence-corrected chi connectivity index (χ3v) is 4.26. The summed E-state index contributed by atoms with van der Waals surface area (Å²) in [7, 11) is 0. The number of hydrogen-bond acceptors (Lipinski definition) is 7. The van der Waals surface area contributed by atoms with Gasteiger partial charge in [-0.3, -0.25) is 14.9 Å². The normalized spacial score (nSPS) is 10.5. The van der Waals surface area contributed by atoms with Gasteiger partial charge in [-0.1, -0.05) is 30.3 Å². The van der Waals surface area contributed by atoms with Crippen molar-refractivity contribution < 1.29 is 18.7 Å². The number of nitrogens with one attached hydrogen (secondary N) is 1. The van der Waals surface area contributed by atoms with Crippen molar-refractivity contribution in [3.05, 3.63) is 53.5 Å². The highest BCUT2D eigenvalue weighted by atomic mass is 32.1. The zero-order valence-corrected chi connectivity index (χ0v) is 14.9. The fourth-order valence-electron chi connectivity index (χ4n) is 2.16. The van der Waals surface area contributed by atoms with Gasteiger partial charge in [-0.2, -0.15) is 0 Å². The van der Waals surface area contributed by atoms with Gasteiger partial charge in [0.15, 0.2) is 23.4 Å². The molecule has 26 heavy (non-hydrogen) atoms. The molecule has 0 aliphatic carbocycles. The summed E-state index contributed by atoms with van der Waals surface area (Å²) in [6.45, 7) is 1.48. The van der Waals surface area contributed by atoms with E-state index in [1.807, 2.05) is 42.6 Å². The first kappa shape index (κ1) is 17.8. The lowest BCUT2D eigenvalue weighted by Crippen LogP contribution is -2.21. The number of aromatic nitrogens is 2. The van der Waals surface area contributed by atoms with Crippen LogP contribution in [-0.2, 0) is 20.7 Å². The zero-order valence-electron chi connectivity index (χ0n) is 14.1. The molecule has 2 heterocycles. The van der Waals surface area contributed by atoms with E-state index in [1.165, 1.54) is 11.3 Å². The molecular formula is C18H17N3O4S. The first-order valence-corrected chi connectivity index (χ1v) is 8.86. The number of esters is 1. The Morgan fingerprint density at radius 2 is 2.08 bits per heavy atom. The Kier molecular flexibility index (Phi) is 5.75. The van der Waals surface area contributed by atoms with E-state index in [4.69, 9.17) is 9.15 Å². The number of benzene rings is 1. The van der Waals surface area contributed by atoms with Crippen molar-refractivity contribution in [2.45, 2.75) is 19.8 Å². The van der Waals surface area contributed by atoms with Gasteiger partial charge in [-0.15, -0.1) is 11.3 Å². The second-order valence-corrected chi connectivity index (χ2v) is 6.35. The van der Waals surface area contributed by atoms with Crippen molar-refractivity contribution >= 4 is 28.3 Å².